The third-order valence-corrected chi connectivity index (χ3v) is 5.88. The molecule has 31 heavy (non-hydrogen) atoms. The Kier molecular flexibility index (Phi) is 5.79. The van der Waals surface area contributed by atoms with E-state index in [1.165, 1.54) is 11.3 Å². The fourth-order valence-electron chi connectivity index (χ4n) is 3.32. The Bertz CT molecular complexity index is 1470. The normalized spacial score (nSPS) is 12.9. The van der Waals surface area contributed by atoms with Crippen LogP contribution in [0.5, 0.6) is 0 Å². The number of unbranched alkanes of at least 4 members (excludes halogenated alkanes) is 1. The molecule has 0 spiro atoms. The number of ether oxygens (including phenoxy) is 1. The van der Waals surface area contributed by atoms with Gasteiger partial charge in [-0.05, 0) is 29.3 Å². The first kappa shape index (κ1) is 20.3. The number of benzene rings is 2. The van der Waals surface area contributed by atoms with Crippen LogP contribution in [0.15, 0.2) is 48.5 Å². The highest BCUT2D eigenvalue weighted by molar-refractivity contribution is 7.19. The molecule has 0 fully saturated rings. The molecule has 4 rings (SSSR count). The summed E-state index contributed by atoms with van der Waals surface area (Å²) in [5.41, 5.74) is 1.06. The van der Waals surface area contributed by atoms with E-state index in [-0.39, 0.29) is 12.3 Å². The van der Waals surface area contributed by atoms with Gasteiger partial charge in [0.15, 0.2) is 0 Å². The van der Waals surface area contributed by atoms with Gasteiger partial charge in [-0.25, -0.2) is 14.7 Å². The average molecular weight is 427 g/mol. The molecule has 0 saturated heterocycles. The Morgan fingerprint density at radius 2 is 1.77 bits per heavy atom. The lowest BCUT2D eigenvalue weighted by Crippen LogP contribution is -2.19. The number of carbonyl (C=O) groups excluding carboxylic acids is 1. The quantitative estimate of drug-likeness (QED) is 0.295. The van der Waals surface area contributed by atoms with Gasteiger partial charge in [0.1, 0.15) is 5.01 Å². The van der Waals surface area contributed by atoms with Crippen molar-refractivity contribution in [3.05, 3.63) is 87.1 Å². The van der Waals surface area contributed by atoms with Crippen LogP contribution in [0.1, 0.15) is 24.8 Å². The van der Waals surface area contributed by atoms with Crippen molar-refractivity contribution in [2.45, 2.75) is 19.8 Å². The van der Waals surface area contributed by atoms with E-state index in [1.54, 1.807) is 0 Å². The second-order valence-electron chi connectivity index (χ2n) is 6.82. The second kappa shape index (κ2) is 8.83. The van der Waals surface area contributed by atoms with Gasteiger partial charge in [-0.2, -0.15) is 0 Å². The van der Waals surface area contributed by atoms with Crippen LogP contribution in [0.25, 0.3) is 42.1 Å². The van der Waals surface area contributed by atoms with Crippen LogP contribution in [0.3, 0.4) is 0 Å². The number of nitrogens with zero attached hydrogens (tertiary/aromatic N) is 3. The third-order valence-electron chi connectivity index (χ3n) is 4.83. The summed E-state index contributed by atoms with van der Waals surface area (Å²) >= 11 is 1.44. The minimum Gasteiger partial charge on any atom is -0.471 e. The van der Waals surface area contributed by atoms with Crippen molar-refractivity contribution in [2.24, 2.45) is 0 Å². The Balaban J connectivity index is 2.01. The number of thiazole rings is 1. The first-order valence-corrected chi connectivity index (χ1v) is 10.6. The van der Waals surface area contributed by atoms with Gasteiger partial charge in [0.2, 0.25) is 5.70 Å². The van der Waals surface area contributed by atoms with Crippen LogP contribution in [-0.2, 0) is 9.53 Å². The summed E-state index contributed by atoms with van der Waals surface area (Å²) in [6.07, 6.45) is 1.63. The number of aromatic amines is 1. The van der Waals surface area contributed by atoms with Gasteiger partial charge in [0.05, 0.1) is 40.7 Å². The highest BCUT2D eigenvalue weighted by Gasteiger charge is 2.18. The summed E-state index contributed by atoms with van der Waals surface area (Å²) in [6, 6.07) is 15.1. The molecule has 0 aliphatic rings. The van der Waals surface area contributed by atoms with Crippen molar-refractivity contribution in [1.82, 2.24) is 9.97 Å². The standard InChI is InChI=1S/C24H18N4O2S/c1-4-5-14-30-24(29)22(26-3)20-16-11-7-6-10-15(16)19(28-20)21(25-2)23-27-17-12-8-9-13-18(17)31-23/h6-13,28H,4-5,14H2,1H3/b21-19+,22-20+. The zero-order chi connectivity index (χ0) is 21.8. The molecule has 0 saturated carbocycles. The Morgan fingerprint density at radius 1 is 1.06 bits per heavy atom. The van der Waals surface area contributed by atoms with E-state index in [2.05, 4.69) is 19.7 Å². The highest BCUT2D eigenvalue weighted by atomic mass is 32.1. The minimum atomic E-state index is -0.661. The number of fused-ring (bicyclic) bond motifs is 2. The molecule has 0 amide bonds. The van der Waals surface area contributed by atoms with E-state index in [9.17, 15) is 4.79 Å². The highest BCUT2D eigenvalue weighted by Crippen LogP contribution is 2.26. The minimum absolute atomic E-state index is 0.118. The first-order chi connectivity index (χ1) is 15.2. The van der Waals surface area contributed by atoms with E-state index in [4.69, 9.17) is 17.9 Å². The van der Waals surface area contributed by atoms with Crippen LogP contribution in [0.4, 0.5) is 0 Å². The molecule has 6 nitrogen and oxygen atoms in total. The van der Waals surface area contributed by atoms with Gasteiger partial charge in [0, 0.05) is 0 Å². The fourth-order valence-corrected chi connectivity index (χ4v) is 4.28. The number of esters is 1. The van der Waals surface area contributed by atoms with Gasteiger partial charge in [0.25, 0.3) is 5.70 Å². The molecule has 0 bridgehead atoms. The van der Waals surface area contributed by atoms with Crippen LogP contribution >= 0.6 is 11.3 Å². The molecule has 0 radical (unpaired) electrons. The number of rotatable bonds is 5. The summed E-state index contributed by atoms with van der Waals surface area (Å²) in [5.74, 6) is -0.661. The third kappa shape index (κ3) is 3.79. The van der Waals surface area contributed by atoms with Crippen molar-refractivity contribution < 1.29 is 9.53 Å². The molecule has 7 heteroatoms. The molecule has 0 unspecified atom stereocenters. The van der Waals surface area contributed by atoms with Crippen molar-refractivity contribution >= 4 is 49.7 Å². The summed E-state index contributed by atoms with van der Waals surface area (Å²) in [7, 11) is 0. The predicted molar refractivity (Wildman–Crippen MR) is 122 cm³/mol. The van der Waals surface area contributed by atoms with E-state index < -0.39 is 5.97 Å². The van der Waals surface area contributed by atoms with Crippen LogP contribution in [0.2, 0.25) is 0 Å². The maximum absolute atomic E-state index is 12.6. The summed E-state index contributed by atoms with van der Waals surface area (Å²) in [4.78, 5) is 27.6. The second-order valence-corrected chi connectivity index (χ2v) is 7.85. The lowest BCUT2D eigenvalue weighted by atomic mass is 10.2. The molecule has 0 aliphatic heterocycles. The summed E-state index contributed by atoms with van der Waals surface area (Å²) in [5, 5.41) is 2.94. The zero-order valence-electron chi connectivity index (χ0n) is 16.8. The molecular formula is C24H18N4O2S. The maximum atomic E-state index is 12.6. The zero-order valence-corrected chi connectivity index (χ0v) is 17.6. The smallest absolute Gasteiger partial charge is 0.338 e. The largest absolute Gasteiger partial charge is 0.471 e. The van der Waals surface area contributed by atoms with E-state index >= 15 is 0 Å². The lowest BCUT2D eigenvalue weighted by molar-refractivity contribution is -0.136. The van der Waals surface area contributed by atoms with Gasteiger partial charge >= 0.3 is 5.97 Å². The average Bonchev–Trinajstić information content (AvgIpc) is 3.38. The van der Waals surface area contributed by atoms with Gasteiger partial charge in [-0.3, -0.25) is 4.79 Å². The van der Waals surface area contributed by atoms with E-state index in [0.29, 0.717) is 26.8 Å². The molecular weight excluding hydrogens is 408 g/mol. The van der Waals surface area contributed by atoms with E-state index in [1.807, 2.05) is 55.5 Å². The molecule has 2 aromatic heterocycles. The Labute approximate surface area is 182 Å². The topological polar surface area (TPSA) is 63.7 Å². The van der Waals surface area contributed by atoms with Crippen molar-refractivity contribution in [2.75, 3.05) is 6.61 Å². The molecule has 2 aromatic carbocycles. The summed E-state index contributed by atoms with van der Waals surface area (Å²) in [6.45, 7) is 17.7. The SMILES string of the molecule is [C-]#[N+]/C(C(=O)OCCCC)=c1/[nH]/c(=C(/[N+]#[C-])c2nc3ccccc3s2)c2ccccc12. The van der Waals surface area contributed by atoms with Crippen LogP contribution in [0, 0.1) is 13.1 Å². The molecule has 2 heterocycles. The van der Waals surface area contributed by atoms with Gasteiger partial charge in [-0.1, -0.05) is 49.7 Å². The van der Waals surface area contributed by atoms with Gasteiger partial charge < -0.3 is 9.72 Å². The van der Waals surface area contributed by atoms with Crippen molar-refractivity contribution in [3.8, 4) is 0 Å². The number of nitrogens with one attached hydrogen (secondary N) is 1. The molecule has 0 aliphatic carbocycles. The number of carbonyl (C=O) groups is 1. The predicted octanol–water partition coefficient (Wildman–Crippen LogP) is 4.22. The van der Waals surface area contributed by atoms with Crippen LogP contribution in [-0.4, -0.2) is 22.5 Å². The van der Waals surface area contributed by atoms with Crippen LogP contribution < -0.4 is 10.7 Å². The Hall–Kier alpha value is -3.94. The number of aromatic nitrogens is 2. The Morgan fingerprint density at radius 3 is 2.45 bits per heavy atom. The van der Waals surface area contributed by atoms with Gasteiger partial charge in [-0.15, -0.1) is 11.3 Å². The molecule has 152 valence electrons. The molecule has 4 aromatic rings. The maximum Gasteiger partial charge on any atom is 0.338 e. The first-order valence-electron chi connectivity index (χ1n) is 9.81. The number of hydrogen-bond donors (Lipinski definition) is 1. The monoisotopic (exact) mass is 426 g/mol. The number of hydrogen-bond acceptors (Lipinski definition) is 4. The molecule has 1 N–H and O–H groups in total. The number of para-hydroxylation sites is 1. The number of H-pyrrole nitrogens is 1. The fraction of sp³-hybridized carbons (Fsp3) is 0.167. The lowest BCUT2D eigenvalue weighted by Gasteiger charge is -2.02. The summed E-state index contributed by atoms with van der Waals surface area (Å²) < 4.78 is 6.26. The van der Waals surface area contributed by atoms with Crippen molar-refractivity contribution in [1.29, 1.82) is 0 Å². The molecule has 0 atom stereocenters. The van der Waals surface area contributed by atoms with E-state index in [0.717, 1.165) is 28.4 Å². The van der Waals surface area contributed by atoms with Crippen molar-refractivity contribution in [3.63, 3.8) is 0 Å².